The molecule has 0 radical (unpaired) electrons. The standard InChI is InChI=1S/C19H32N2/c1-19(2,3)17-11-9-16(10-12-17)18(20-4)14-21(5)13-15-7-6-8-15/h9-12,15,18,20H,6-8,13-14H2,1-5H3. The molecule has 1 aliphatic rings. The molecule has 0 aliphatic heterocycles. The zero-order chi connectivity index (χ0) is 15.5. The number of rotatable bonds is 6. The average Bonchev–Trinajstić information content (AvgIpc) is 2.39. The first kappa shape index (κ1) is 16.5. The monoisotopic (exact) mass is 288 g/mol. The lowest BCUT2D eigenvalue weighted by molar-refractivity contribution is 0.193. The van der Waals surface area contributed by atoms with Crippen molar-refractivity contribution in [3.05, 3.63) is 35.4 Å². The van der Waals surface area contributed by atoms with Crippen LogP contribution in [0.4, 0.5) is 0 Å². The van der Waals surface area contributed by atoms with Gasteiger partial charge in [0.05, 0.1) is 0 Å². The molecule has 1 aromatic rings. The van der Waals surface area contributed by atoms with Gasteiger partial charge in [-0.05, 0) is 49.4 Å². The number of benzene rings is 1. The van der Waals surface area contributed by atoms with Crippen LogP contribution in [0.2, 0.25) is 0 Å². The van der Waals surface area contributed by atoms with E-state index in [-0.39, 0.29) is 5.41 Å². The van der Waals surface area contributed by atoms with Crippen LogP contribution in [0.1, 0.15) is 57.2 Å². The van der Waals surface area contributed by atoms with E-state index < -0.39 is 0 Å². The van der Waals surface area contributed by atoms with Crippen LogP contribution in [-0.2, 0) is 5.41 Å². The van der Waals surface area contributed by atoms with Crippen LogP contribution < -0.4 is 5.32 Å². The summed E-state index contributed by atoms with van der Waals surface area (Å²) >= 11 is 0. The van der Waals surface area contributed by atoms with Crippen molar-refractivity contribution in [2.45, 2.75) is 51.5 Å². The van der Waals surface area contributed by atoms with Crippen molar-refractivity contribution in [1.29, 1.82) is 0 Å². The molecule has 118 valence electrons. The van der Waals surface area contributed by atoms with Crippen LogP contribution in [0.15, 0.2) is 24.3 Å². The third kappa shape index (κ3) is 4.55. The molecule has 0 heterocycles. The summed E-state index contributed by atoms with van der Waals surface area (Å²) in [6.45, 7) is 9.14. The Labute approximate surface area is 130 Å². The second kappa shape index (κ2) is 6.93. The van der Waals surface area contributed by atoms with Crippen molar-refractivity contribution in [2.24, 2.45) is 5.92 Å². The molecule has 2 nitrogen and oxygen atoms in total. The maximum absolute atomic E-state index is 3.48. The summed E-state index contributed by atoms with van der Waals surface area (Å²) in [6.07, 6.45) is 4.28. The second-order valence-corrected chi connectivity index (χ2v) is 7.73. The lowest BCUT2D eigenvalue weighted by atomic mass is 9.85. The summed E-state index contributed by atoms with van der Waals surface area (Å²) in [6, 6.07) is 9.57. The fourth-order valence-electron chi connectivity index (χ4n) is 3.08. The Morgan fingerprint density at radius 2 is 1.81 bits per heavy atom. The highest BCUT2D eigenvalue weighted by atomic mass is 15.1. The van der Waals surface area contributed by atoms with Gasteiger partial charge in [-0.2, -0.15) is 0 Å². The minimum Gasteiger partial charge on any atom is -0.312 e. The Morgan fingerprint density at radius 3 is 2.24 bits per heavy atom. The Morgan fingerprint density at radius 1 is 1.19 bits per heavy atom. The van der Waals surface area contributed by atoms with Crippen LogP contribution >= 0.6 is 0 Å². The lowest BCUT2D eigenvalue weighted by Crippen LogP contribution is -2.36. The smallest absolute Gasteiger partial charge is 0.0446 e. The molecule has 2 rings (SSSR count). The van der Waals surface area contributed by atoms with Gasteiger partial charge in [-0.15, -0.1) is 0 Å². The fourth-order valence-corrected chi connectivity index (χ4v) is 3.08. The zero-order valence-corrected chi connectivity index (χ0v) is 14.4. The molecule has 1 unspecified atom stereocenters. The molecule has 0 aromatic heterocycles. The molecule has 0 amide bonds. The van der Waals surface area contributed by atoms with Crippen LogP contribution in [0.25, 0.3) is 0 Å². The van der Waals surface area contributed by atoms with E-state index in [1.54, 1.807) is 0 Å². The highest BCUT2D eigenvalue weighted by molar-refractivity contribution is 5.29. The van der Waals surface area contributed by atoms with Crippen molar-refractivity contribution in [3.8, 4) is 0 Å². The van der Waals surface area contributed by atoms with Crippen molar-refractivity contribution < 1.29 is 0 Å². The molecule has 1 aliphatic carbocycles. The van der Waals surface area contributed by atoms with Gasteiger partial charge in [-0.25, -0.2) is 0 Å². The normalized spacial score (nSPS) is 17.8. The van der Waals surface area contributed by atoms with Gasteiger partial charge in [0.25, 0.3) is 0 Å². The Bertz CT molecular complexity index is 426. The number of likely N-dealkylation sites (N-methyl/N-ethyl adjacent to an activating group) is 2. The summed E-state index contributed by atoms with van der Waals surface area (Å²) < 4.78 is 0. The van der Waals surface area contributed by atoms with Gasteiger partial charge in [0.2, 0.25) is 0 Å². The summed E-state index contributed by atoms with van der Waals surface area (Å²) in [5, 5.41) is 3.48. The molecule has 21 heavy (non-hydrogen) atoms. The maximum Gasteiger partial charge on any atom is 0.0446 e. The van der Waals surface area contributed by atoms with Crippen molar-refractivity contribution in [3.63, 3.8) is 0 Å². The van der Waals surface area contributed by atoms with E-state index in [2.05, 4.69) is 69.3 Å². The molecule has 1 saturated carbocycles. The molecule has 1 N–H and O–H groups in total. The van der Waals surface area contributed by atoms with Crippen LogP contribution in [0.5, 0.6) is 0 Å². The number of hydrogen-bond donors (Lipinski definition) is 1. The highest BCUT2D eigenvalue weighted by Gasteiger charge is 2.21. The molecule has 0 bridgehead atoms. The highest BCUT2D eigenvalue weighted by Crippen LogP contribution is 2.28. The molecule has 1 atom stereocenters. The number of nitrogens with zero attached hydrogens (tertiary/aromatic N) is 1. The van der Waals surface area contributed by atoms with Gasteiger partial charge in [0, 0.05) is 19.1 Å². The minimum absolute atomic E-state index is 0.231. The van der Waals surface area contributed by atoms with Gasteiger partial charge in [0.15, 0.2) is 0 Å². The van der Waals surface area contributed by atoms with Gasteiger partial charge >= 0.3 is 0 Å². The van der Waals surface area contributed by atoms with E-state index >= 15 is 0 Å². The van der Waals surface area contributed by atoms with Crippen molar-refractivity contribution in [2.75, 3.05) is 27.2 Å². The van der Waals surface area contributed by atoms with Gasteiger partial charge < -0.3 is 10.2 Å². The first-order valence-electron chi connectivity index (χ1n) is 8.36. The van der Waals surface area contributed by atoms with E-state index in [1.165, 1.54) is 36.9 Å². The topological polar surface area (TPSA) is 15.3 Å². The Hall–Kier alpha value is -0.860. The zero-order valence-electron chi connectivity index (χ0n) is 14.4. The Kier molecular flexibility index (Phi) is 5.45. The SMILES string of the molecule is CNC(CN(C)CC1CCC1)c1ccc(C(C)(C)C)cc1. The van der Waals surface area contributed by atoms with Crippen LogP contribution in [0, 0.1) is 5.92 Å². The summed E-state index contributed by atoms with van der Waals surface area (Å²) in [5.74, 6) is 0.941. The predicted molar refractivity (Wildman–Crippen MR) is 91.8 cm³/mol. The average molecular weight is 288 g/mol. The van der Waals surface area contributed by atoms with Crippen LogP contribution in [-0.4, -0.2) is 32.1 Å². The first-order chi connectivity index (χ1) is 9.90. The van der Waals surface area contributed by atoms with E-state index in [0.717, 1.165) is 12.5 Å². The molecule has 0 saturated heterocycles. The third-order valence-corrected chi connectivity index (χ3v) is 4.82. The van der Waals surface area contributed by atoms with Gasteiger partial charge in [0.1, 0.15) is 0 Å². The maximum atomic E-state index is 3.48. The molecule has 2 heteroatoms. The molecular weight excluding hydrogens is 256 g/mol. The molecule has 1 aromatic carbocycles. The number of hydrogen-bond acceptors (Lipinski definition) is 2. The predicted octanol–water partition coefficient (Wildman–Crippen LogP) is 3.98. The van der Waals surface area contributed by atoms with Crippen molar-refractivity contribution >= 4 is 0 Å². The van der Waals surface area contributed by atoms with E-state index in [1.807, 2.05) is 0 Å². The quantitative estimate of drug-likeness (QED) is 0.852. The van der Waals surface area contributed by atoms with E-state index in [9.17, 15) is 0 Å². The number of nitrogens with one attached hydrogen (secondary N) is 1. The van der Waals surface area contributed by atoms with E-state index in [4.69, 9.17) is 0 Å². The summed E-state index contributed by atoms with van der Waals surface area (Å²) in [5.41, 5.74) is 3.03. The fraction of sp³-hybridized carbons (Fsp3) is 0.684. The van der Waals surface area contributed by atoms with Gasteiger partial charge in [-0.1, -0.05) is 51.5 Å². The van der Waals surface area contributed by atoms with Crippen molar-refractivity contribution in [1.82, 2.24) is 10.2 Å². The summed E-state index contributed by atoms with van der Waals surface area (Å²) in [4.78, 5) is 2.49. The van der Waals surface area contributed by atoms with E-state index in [0.29, 0.717) is 6.04 Å². The molecular formula is C19H32N2. The van der Waals surface area contributed by atoms with Crippen LogP contribution in [0.3, 0.4) is 0 Å². The minimum atomic E-state index is 0.231. The lowest BCUT2D eigenvalue weighted by Gasteiger charge is -2.32. The summed E-state index contributed by atoms with van der Waals surface area (Å²) in [7, 11) is 4.33. The third-order valence-electron chi connectivity index (χ3n) is 4.82. The largest absolute Gasteiger partial charge is 0.312 e. The first-order valence-corrected chi connectivity index (χ1v) is 8.36. The second-order valence-electron chi connectivity index (χ2n) is 7.73. The Balaban J connectivity index is 1.96. The van der Waals surface area contributed by atoms with Gasteiger partial charge in [-0.3, -0.25) is 0 Å². The molecule has 0 spiro atoms. The molecule has 1 fully saturated rings.